The third kappa shape index (κ3) is 4.30. The number of imide groups is 1. The van der Waals surface area contributed by atoms with Gasteiger partial charge in [0.25, 0.3) is 0 Å². The van der Waals surface area contributed by atoms with Crippen LogP contribution < -0.4 is 4.90 Å². The van der Waals surface area contributed by atoms with Gasteiger partial charge in [0.1, 0.15) is 9.75 Å². The second kappa shape index (κ2) is 11.0. The third-order valence-corrected chi connectivity index (χ3v) is 10.7. The predicted molar refractivity (Wildman–Crippen MR) is 172 cm³/mol. The zero-order chi connectivity index (χ0) is 31.7. The maximum Gasteiger partial charge on any atom is 0.338 e. The number of Topliss-reactive ketones (excluding diaryl/α,β-unsaturated/α-hetero) is 1. The fraction of sp³-hybridized carbons (Fsp3) is 0.200. The van der Waals surface area contributed by atoms with Crippen LogP contribution in [0.4, 0.5) is 5.69 Å². The Kier molecular flexibility index (Phi) is 7.33. The molecule has 0 unspecified atom stereocenters. The van der Waals surface area contributed by atoms with Crippen molar-refractivity contribution in [1.29, 1.82) is 0 Å². The lowest BCUT2D eigenvalue weighted by molar-refractivity contribution is -0.122. The van der Waals surface area contributed by atoms with Gasteiger partial charge in [0.15, 0.2) is 6.10 Å². The van der Waals surface area contributed by atoms with E-state index in [1.54, 1.807) is 24.3 Å². The minimum atomic E-state index is -1.30. The summed E-state index contributed by atoms with van der Waals surface area (Å²) < 4.78 is 5.55. The fourth-order valence-electron chi connectivity index (χ4n) is 7.01. The van der Waals surface area contributed by atoms with Gasteiger partial charge in [-0.2, -0.15) is 0 Å². The van der Waals surface area contributed by atoms with Crippen molar-refractivity contribution >= 4 is 75.7 Å². The second-order valence-corrected chi connectivity index (χ2v) is 13.3. The van der Waals surface area contributed by atoms with E-state index in [-0.39, 0.29) is 23.6 Å². The highest BCUT2D eigenvalue weighted by Crippen LogP contribution is 2.69. The summed E-state index contributed by atoms with van der Waals surface area (Å²) in [4.78, 5) is 53.0. The van der Waals surface area contributed by atoms with Gasteiger partial charge >= 0.3 is 5.97 Å². The Morgan fingerprint density at radius 2 is 1.16 bits per heavy atom. The standard InChI is InChI=1S/C35H23Cl4NO5/c36-18-17-27(30(41)19-9-13-21(37)14-10-19)45-33(44)20-11-15-22(16-12-20)40-31(42)28-29(32(40)43)35(39)24-6-2-1-5-23(24)34(28,38)25-7-3-4-8-26(25)35/h1-16,27-29H,17-18H2/t27-,28-,29+,34?,35?/m1/s1. The van der Waals surface area contributed by atoms with E-state index in [1.807, 2.05) is 48.5 Å². The molecule has 0 aromatic heterocycles. The van der Waals surface area contributed by atoms with E-state index in [9.17, 15) is 19.2 Å². The molecule has 10 heteroatoms. The number of benzene rings is 4. The van der Waals surface area contributed by atoms with Crippen molar-refractivity contribution in [3.05, 3.63) is 135 Å². The SMILES string of the molecule is O=C(O[C@H](CCCl)C(=O)c1ccc(Cl)cc1)c1ccc(N2C(=O)[C@@H]3[C@H](C2=O)C2(Cl)c4ccccc4C3(Cl)c3ccccc32)cc1. The topological polar surface area (TPSA) is 80.8 Å². The molecule has 0 saturated carbocycles. The lowest BCUT2D eigenvalue weighted by atomic mass is 9.54. The van der Waals surface area contributed by atoms with Crippen LogP contribution in [0.3, 0.4) is 0 Å². The molecule has 1 saturated heterocycles. The average molecular weight is 679 g/mol. The number of hydrogen-bond donors (Lipinski definition) is 0. The molecule has 3 aliphatic carbocycles. The number of anilines is 1. The Balaban J connectivity index is 1.19. The molecule has 1 aliphatic heterocycles. The summed E-state index contributed by atoms with van der Waals surface area (Å²) in [5.74, 6) is -3.91. The van der Waals surface area contributed by atoms with Gasteiger partial charge in [-0.1, -0.05) is 60.1 Å². The molecule has 0 spiro atoms. The van der Waals surface area contributed by atoms with Crippen LogP contribution in [0.25, 0.3) is 0 Å². The van der Waals surface area contributed by atoms with Gasteiger partial charge in [0, 0.05) is 22.9 Å². The minimum absolute atomic E-state index is 0.0928. The molecule has 4 aliphatic rings. The number of alkyl halides is 3. The van der Waals surface area contributed by atoms with Crippen molar-refractivity contribution in [1.82, 2.24) is 0 Å². The molecule has 226 valence electrons. The Labute approximate surface area is 278 Å². The van der Waals surface area contributed by atoms with Crippen molar-refractivity contribution in [2.75, 3.05) is 10.8 Å². The molecule has 0 N–H and O–H groups in total. The van der Waals surface area contributed by atoms with E-state index in [2.05, 4.69) is 0 Å². The first kappa shape index (κ1) is 30.0. The normalized spacial score (nSPS) is 24.9. The van der Waals surface area contributed by atoms with E-state index < -0.39 is 51.3 Å². The maximum absolute atomic E-state index is 14.2. The summed E-state index contributed by atoms with van der Waals surface area (Å²) in [5, 5.41) is 0.468. The number of esters is 1. The molecule has 2 bridgehead atoms. The predicted octanol–water partition coefficient (Wildman–Crippen LogP) is 7.47. The zero-order valence-electron chi connectivity index (χ0n) is 23.4. The largest absolute Gasteiger partial charge is 0.450 e. The number of nitrogens with zero attached hydrogens (tertiary/aromatic N) is 1. The Bertz CT molecular complexity index is 1770. The first-order valence-electron chi connectivity index (χ1n) is 14.2. The number of halogens is 4. The number of ketones is 1. The fourth-order valence-corrected chi connectivity index (χ4v) is 8.43. The number of hydrogen-bond acceptors (Lipinski definition) is 5. The molecule has 2 amide bonds. The molecule has 8 rings (SSSR count). The van der Waals surface area contributed by atoms with E-state index >= 15 is 0 Å². The van der Waals surface area contributed by atoms with Crippen LogP contribution in [0.1, 0.15) is 49.4 Å². The van der Waals surface area contributed by atoms with Crippen LogP contribution in [0.15, 0.2) is 97.1 Å². The molecule has 4 aromatic carbocycles. The lowest BCUT2D eigenvalue weighted by Gasteiger charge is -2.54. The van der Waals surface area contributed by atoms with E-state index in [0.717, 1.165) is 4.90 Å². The number of ether oxygens (including phenoxy) is 1. The molecule has 0 radical (unpaired) electrons. The van der Waals surface area contributed by atoms with Crippen molar-refractivity contribution in [2.45, 2.75) is 22.3 Å². The van der Waals surface area contributed by atoms with Crippen molar-refractivity contribution < 1.29 is 23.9 Å². The van der Waals surface area contributed by atoms with Gasteiger partial charge in [-0.3, -0.25) is 14.4 Å². The summed E-state index contributed by atoms with van der Waals surface area (Å²) in [7, 11) is 0. The Morgan fingerprint density at radius 1 is 0.711 bits per heavy atom. The van der Waals surface area contributed by atoms with Gasteiger partial charge in [-0.15, -0.1) is 34.8 Å². The zero-order valence-corrected chi connectivity index (χ0v) is 26.4. The van der Waals surface area contributed by atoms with E-state index in [0.29, 0.717) is 32.8 Å². The first-order chi connectivity index (χ1) is 21.6. The molecule has 3 atom stereocenters. The molecule has 4 aromatic rings. The van der Waals surface area contributed by atoms with E-state index in [1.165, 1.54) is 24.3 Å². The summed E-state index contributed by atoms with van der Waals surface area (Å²) in [6, 6.07) is 27.0. The van der Waals surface area contributed by atoms with Gasteiger partial charge in [-0.05, 0) is 70.8 Å². The van der Waals surface area contributed by atoms with Crippen LogP contribution >= 0.6 is 46.4 Å². The van der Waals surface area contributed by atoms with Crippen molar-refractivity contribution in [3.8, 4) is 0 Å². The number of carbonyl (C=O) groups excluding carboxylic acids is 4. The first-order valence-corrected chi connectivity index (χ1v) is 15.9. The Hall–Kier alpha value is -3.68. The number of rotatable bonds is 7. The maximum atomic E-state index is 14.2. The smallest absolute Gasteiger partial charge is 0.338 e. The summed E-state index contributed by atoms with van der Waals surface area (Å²) in [6.07, 6.45) is -1.00. The molecule has 1 heterocycles. The molecule has 1 fully saturated rings. The average Bonchev–Trinajstić information content (AvgIpc) is 3.34. The van der Waals surface area contributed by atoms with Crippen LogP contribution in [-0.4, -0.2) is 35.6 Å². The molecule has 6 nitrogen and oxygen atoms in total. The van der Waals surface area contributed by atoms with Crippen LogP contribution in [0.5, 0.6) is 0 Å². The van der Waals surface area contributed by atoms with Gasteiger partial charge in [0.05, 0.1) is 23.1 Å². The third-order valence-electron chi connectivity index (χ3n) is 8.99. The monoisotopic (exact) mass is 677 g/mol. The van der Waals surface area contributed by atoms with Crippen molar-refractivity contribution in [2.24, 2.45) is 11.8 Å². The highest BCUT2D eigenvalue weighted by atomic mass is 35.5. The van der Waals surface area contributed by atoms with Crippen molar-refractivity contribution in [3.63, 3.8) is 0 Å². The summed E-state index contributed by atoms with van der Waals surface area (Å²) in [5.41, 5.74) is 3.56. The second-order valence-electron chi connectivity index (χ2n) is 11.3. The molecular formula is C35H23Cl4NO5. The highest BCUT2D eigenvalue weighted by Gasteiger charge is 2.73. The van der Waals surface area contributed by atoms with Crippen LogP contribution in [-0.2, 0) is 24.1 Å². The van der Waals surface area contributed by atoms with E-state index in [4.69, 9.17) is 51.1 Å². The molecule has 45 heavy (non-hydrogen) atoms. The lowest BCUT2D eigenvalue weighted by Crippen LogP contribution is -2.57. The van der Waals surface area contributed by atoms with Crippen LogP contribution in [0, 0.1) is 11.8 Å². The van der Waals surface area contributed by atoms with Crippen LogP contribution in [0.2, 0.25) is 5.02 Å². The van der Waals surface area contributed by atoms with Gasteiger partial charge < -0.3 is 4.74 Å². The highest BCUT2D eigenvalue weighted by molar-refractivity contribution is 6.38. The minimum Gasteiger partial charge on any atom is -0.450 e. The quantitative estimate of drug-likeness (QED) is 0.0877. The van der Waals surface area contributed by atoms with Gasteiger partial charge in [-0.25, -0.2) is 9.69 Å². The number of carbonyl (C=O) groups is 4. The van der Waals surface area contributed by atoms with Gasteiger partial charge in [0.2, 0.25) is 17.6 Å². The summed E-state index contributed by atoms with van der Waals surface area (Å²) in [6.45, 7) is 0. The Morgan fingerprint density at radius 3 is 1.60 bits per heavy atom. The molecular weight excluding hydrogens is 656 g/mol. The summed E-state index contributed by atoms with van der Waals surface area (Å²) >= 11 is 26.8. The number of amides is 2.